The van der Waals surface area contributed by atoms with Crippen LogP contribution >= 0.6 is 0 Å². The maximum atomic E-state index is 14.0. The van der Waals surface area contributed by atoms with E-state index < -0.39 is 127 Å². The molecule has 23 heteroatoms. The number of nitrogens with one attached hydrogen (secondary N) is 4. The van der Waals surface area contributed by atoms with Crippen LogP contribution in [0.15, 0.2) is 40.3 Å². The van der Waals surface area contributed by atoms with Gasteiger partial charge in [-0.2, -0.15) is 0 Å². The number of aliphatic hydroxyl groups excluding tert-OH is 1. The monoisotopic (exact) mass is 982 g/mol. The highest BCUT2D eigenvalue weighted by molar-refractivity contribution is 5.98. The lowest BCUT2D eigenvalue weighted by Gasteiger charge is -2.25. The van der Waals surface area contributed by atoms with Crippen molar-refractivity contribution in [2.24, 2.45) is 62.3 Å². The number of amides is 5. The zero-order chi connectivity index (χ0) is 52.7. The topological polar surface area (TPSA) is 414 Å². The fourth-order valence-corrected chi connectivity index (χ4v) is 7.69. The molecular formula is C47H71N11O12. The van der Waals surface area contributed by atoms with Crippen LogP contribution in [0.3, 0.4) is 0 Å². The summed E-state index contributed by atoms with van der Waals surface area (Å²) in [5.41, 5.74) is 29.8. The molecule has 386 valence electrons. The maximum Gasteiger partial charge on any atom is 0.326 e. The van der Waals surface area contributed by atoms with Gasteiger partial charge in [-0.1, -0.05) is 51.1 Å². The summed E-state index contributed by atoms with van der Waals surface area (Å²) in [7, 11) is 0. The van der Waals surface area contributed by atoms with Gasteiger partial charge in [0, 0.05) is 75.3 Å². The Labute approximate surface area is 407 Å². The molecule has 0 aliphatic heterocycles. The molecule has 1 aromatic carbocycles. The average molecular weight is 982 g/mol. The van der Waals surface area contributed by atoms with Gasteiger partial charge in [-0.15, -0.1) is 0 Å². The largest absolute Gasteiger partial charge is 0.480 e. The molecule has 0 unspecified atom stereocenters. The van der Waals surface area contributed by atoms with Crippen molar-refractivity contribution in [1.82, 2.24) is 21.3 Å². The summed E-state index contributed by atoms with van der Waals surface area (Å²) in [4.78, 5) is 138. The molecule has 70 heavy (non-hydrogen) atoms. The van der Waals surface area contributed by atoms with Gasteiger partial charge < -0.3 is 64.9 Å². The molecule has 5 amide bonds. The van der Waals surface area contributed by atoms with Crippen LogP contribution in [0.2, 0.25) is 0 Å². The van der Waals surface area contributed by atoms with E-state index in [1.807, 2.05) is 30.3 Å². The molecule has 0 heterocycles. The number of carboxylic acid groups (broad SMARTS) is 1. The highest BCUT2D eigenvalue weighted by Crippen LogP contribution is 2.30. The summed E-state index contributed by atoms with van der Waals surface area (Å²) in [6.45, 7) is 4.90. The number of benzene rings is 1. The Morgan fingerprint density at radius 1 is 0.614 bits per heavy atom. The lowest BCUT2D eigenvalue weighted by Crippen LogP contribution is -2.49. The van der Waals surface area contributed by atoms with Gasteiger partial charge in [0.1, 0.15) is 17.9 Å². The number of hydrogen-bond donors (Lipinski definition) is 11. The van der Waals surface area contributed by atoms with Crippen LogP contribution in [0.25, 0.3) is 5.57 Å². The third-order valence-electron chi connectivity index (χ3n) is 11.7. The highest BCUT2D eigenvalue weighted by atomic mass is 16.4. The predicted octanol–water partition coefficient (Wildman–Crippen LogP) is -1.21. The number of allylic oxidation sites excluding steroid dienone is 1. The molecule has 16 N–H and O–H groups in total. The number of guanidine groups is 2. The van der Waals surface area contributed by atoms with Gasteiger partial charge in [0.15, 0.2) is 29.3 Å². The van der Waals surface area contributed by atoms with Gasteiger partial charge >= 0.3 is 5.97 Å². The van der Waals surface area contributed by atoms with Gasteiger partial charge in [-0.3, -0.25) is 48.3 Å². The van der Waals surface area contributed by atoms with E-state index in [1.54, 1.807) is 0 Å². The Kier molecular flexibility index (Phi) is 25.1. The number of aliphatic carboxylic acids is 1. The molecule has 0 spiro atoms. The molecule has 0 radical (unpaired) electrons. The molecule has 23 nitrogen and oxygen atoms in total. The Bertz CT molecular complexity index is 2150. The third-order valence-corrected chi connectivity index (χ3v) is 11.7. The van der Waals surface area contributed by atoms with Gasteiger partial charge in [0.05, 0.1) is 18.7 Å². The molecular weight excluding hydrogens is 911 g/mol. The summed E-state index contributed by atoms with van der Waals surface area (Å²) >= 11 is 0. The van der Waals surface area contributed by atoms with Gasteiger partial charge in [0.2, 0.25) is 29.5 Å². The SMILES string of the molecule is CC(=O)C[C@@H](C)C(=O)N[C@@H](CCCN=C(N)N)C(=O)C[C@@H](CCC(N)=O)C(=O)N[C@@H](CCCN=C(N)N)C(=O)C[C@@H](C)C(=O)N[C@@H](CO)C(=O)C[C@@H](C)C(=O)N[C@@H](CC1=CCc2ccccc21)C(=O)O. The molecule has 8 atom stereocenters. The fourth-order valence-electron chi connectivity index (χ4n) is 7.69. The number of nitrogens with zero attached hydrogens (tertiary/aromatic N) is 2. The Balaban J connectivity index is 2.20. The summed E-state index contributed by atoms with van der Waals surface area (Å²) < 4.78 is 0. The van der Waals surface area contributed by atoms with Crippen LogP contribution in [0, 0.1) is 23.7 Å². The number of primary amides is 1. The van der Waals surface area contributed by atoms with Crippen LogP contribution < -0.4 is 49.9 Å². The van der Waals surface area contributed by atoms with Crippen molar-refractivity contribution in [3.8, 4) is 0 Å². The highest BCUT2D eigenvalue weighted by Gasteiger charge is 2.34. The number of nitrogens with two attached hydrogens (primary N) is 5. The maximum absolute atomic E-state index is 14.0. The number of Topliss-reactive ketones (excluding diaryl/α,β-unsaturated/α-hetero) is 4. The second-order valence-electron chi connectivity index (χ2n) is 17.8. The summed E-state index contributed by atoms with van der Waals surface area (Å²) in [5.74, 6) is -11.9. The van der Waals surface area contributed by atoms with Crippen molar-refractivity contribution in [3.05, 3.63) is 41.5 Å². The van der Waals surface area contributed by atoms with Gasteiger partial charge in [0.25, 0.3) is 0 Å². The minimum atomic E-state index is -1.49. The van der Waals surface area contributed by atoms with Gasteiger partial charge in [-0.05, 0) is 62.1 Å². The minimum Gasteiger partial charge on any atom is -0.480 e. The van der Waals surface area contributed by atoms with Gasteiger partial charge in [-0.25, -0.2) is 4.79 Å². The summed E-state index contributed by atoms with van der Waals surface area (Å²) in [6.07, 6.45) is 0.818. The Hall–Kier alpha value is -7.04. The smallest absolute Gasteiger partial charge is 0.326 e. The van der Waals surface area contributed by atoms with E-state index in [0.717, 1.165) is 16.7 Å². The molecule has 0 saturated carbocycles. The summed E-state index contributed by atoms with van der Waals surface area (Å²) in [6, 6.07) is 2.28. The summed E-state index contributed by atoms with van der Waals surface area (Å²) in [5, 5.41) is 30.2. The van der Waals surface area contributed by atoms with Crippen molar-refractivity contribution < 1.29 is 58.2 Å². The number of carbonyl (C=O) groups is 10. The van der Waals surface area contributed by atoms with E-state index in [0.29, 0.717) is 6.42 Å². The quantitative estimate of drug-likeness (QED) is 0.0219. The number of aliphatic imine (C=N–C) groups is 2. The third kappa shape index (κ3) is 21.1. The van der Waals surface area contributed by atoms with E-state index in [1.165, 1.54) is 27.7 Å². The van der Waals surface area contributed by atoms with Crippen molar-refractivity contribution in [3.63, 3.8) is 0 Å². The lowest BCUT2D eigenvalue weighted by molar-refractivity contribution is -0.142. The van der Waals surface area contributed by atoms with E-state index in [2.05, 4.69) is 31.3 Å². The van der Waals surface area contributed by atoms with Crippen LogP contribution in [0.4, 0.5) is 0 Å². The second-order valence-corrected chi connectivity index (χ2v) is 17.8. The molecule has 2 rings (SSSR count). The number of aliphatic hydroxyl groups is 1. The first-order valence-corrected chi connectivity index (χ1v) is 23.2. The number of carbonyl (C=O) groups excluding carboxylic acids is 9. The molecule has 1 aromatic rings. The molecule has 0 saturated heterocycles. The van der Waals surface area contributed by atoms with Crippen molar-refractivity contribution in [2.75, 3.05) is 19.7 Å². The lowest BCUT2D eigenvalue weighted by atomic mass is 9.90. The molecule has 0 fully saturated rings. The normalized spacial score (nSPS) is 15.1. The molecule has 0 bridgehead atoms. The van der Waals surface area contributed by atoms with E-state index in [4.69, 9.17) is 28.7 Å². The van der Waals surface area contributed by atoms with Crippen molar-refractivity contribution in [1.29, 1.82) is 0 Å². The number of ketones is 4. The van der Waals surface area contributed by atoms with Crippen molar-refractivity contribution in [2.45, 2.75) is 129 Å². The van der Waals surface area contributed by atoms with E-state index in [9.17, 15) is 58.2 Å². The zero-order valence-corrected chi connectivity index (χ0v) is 40.4. The number of rotatable bonds is 34. The molecule has 1 aliphatic carbocycles. The number of hydrogen-bond acceptors (Lipinski definition) is 13. The Morgan fingerprint density at radius 2 is 1.07 bits per heavy atom. The number of carboxylic acids is 1. The molecule has 0 aromatic heterocycles. The van der Waals surface area contributed by atoms with E-state index in [-0.39, 0.29) is 82.2 Å². The fraction of sp³-hybridized carbons (Fsp3) is 0.574. The zero-order valence-electron chi connectivity index (χ0n) is 40.4. The first-order chi connectivity index (χ1) is 32.9. The van der Waals surface area contributed by atoms with E-state index >= 15 is 0 Å². The average Bonchev–Trinajstić information content (AvgIpc) is 3.69. The number of fused-ring (bicyclic) bond motifs is 1. The molecule has 1 aliphatic rings. The minimum absolute atomic E-state index is 0.0101. The standard InChI is InChI=1S/C47H71N11O12/c1-25(19-28(4)60)41(65)55-34(12-8-18-54-47(51)52)39(63)23-31(15-16-40(48)64)44(68)56-33(11-7-17-53-46(49)50)37(61)20-26(2)43(67)58-36(24-59)38(62)21-27(3)42(66)57-35(45(69)70)22-30-14-13-29-9-5-6-10-32(29)30/h5-6,9-10,14,25-27,31,33-36,59H,7-8,11-13,15-24H2,1-4H3,(H2,48,64)(H,55,65)(H,56,68)(H,57,66)(H,58,67)(H,69,70)(H4,49,50,53)(H4,51,52,54)/t25-,26-,27-,31-,33+,34+,35+,36+/m1/s1. The van der Waals surface area contributed by atoms with Crippen molar-refractivity contribution >= 4 is 76.1 Å². The van der Waals surface area contributed by atoms with Crippen LogP contribution in [0.5, 0.6) is 0 Å². The second kappa shape index (κ2) is 29.8. The van der Waals surface area contributed by atoms with Crippen LogP contribution in [0.1, 0.15) is 109 Å². The van der Waals surface area contributed by atoms with Crippen LogP contribution in [-0.4, -0.2) is 125 Å². The first kappa shape index (κ1) is 59.1. The Morgan fingerprint density at radius 3 is 1.56 bits per heavy atom. The predicted molar refractivity (Wildman–Crippen MR) is 259 cm³/mol. The van der Waals surface area contributed by atoms with Crippen LogP contribution in [-0.2, 0) is 54.4 Å². The first-order valence-electron chi connectivity index (χ1n) is 23.2.